The molecule has 0 aliphatic carbocycles. The second-order valence-electron chi connectivity index (χ2n) is 6.68. The highest BCUT2D eigenvalue weighted by molar-refractivity contribution is 5.95. The highest BCUT2D eigenvalue weighted by atomic mass is 16.5. The Morgan fingerprint density at radius 2 is 2.04 bits per heavy atom. The average molecular weight is 333 g/mol. The zero-order valence-corrected chi connectivity index (χ0v) is 14.8. The molecule has 3 N–H and O–H groups in total. The summed E-state index contributed by atoms with van der Waals surface area (Å²) in [6.07, 6.45) is 0.971. The molecule has 1 heterocycles. The Morgan fingerprint density at radius 1 is 1.29 bits per heavy atom. The standard InChI is InChI=1S/C18H27N3O3/c1-11(2)7-8-19-18(23)13(4)20-12(3)14-5-6-16-15(9-14)21-17(22)10-24-16/h5-6,9,11-13,20H,7-8,10H2,1-4H3,(H,19,23)(H,21,22)/t12-,13-/m1/s1. The maximum absolute atomic E-state index is 12.1. The van der Waals surface area contributed by atoms with E-state index in [0.29, 0.717) is 23.9 Å². The molecule has 24 heavy (non-hydrogen) atoms. The van der Waals surface area contributed by atoms with Crippen LogP contribution < -0.4 is 20.7 Å². The maximum atomic E-state index is 12.1. The van der Waals surface area contributed by atoms with Gasteiger partial charge in [-0.3, -0.25) is 14.9 Å². The topological polar surface area (TPSA) is 79.5 Å². The molecule has 0 unspecified atom stereocenters. The summed E-state index contributed by atoms with van der Waals surface area (Å²) in [4.78, 5) is 23.5. The first-order valence-electron chi connectivity index (χ1n) is 8.47. The van der Waals surface area contributed by atoms with Gasteiger partial charge in [0.05, 0.1) is 11.7 Å². The van der Waals surface area contributed by atoms with Crippen molar-refractivity contribution in [3.8, 4) is 5.75 Å². The molecule has 0 aromatic heterocycles. The van der Waals surface area contributed by atoms with Gasteiger partial charge in [0.25, 0.3) is 5.91 Å². The summed E-state index contributed by atoms with van der Waals surface area (Å²) in [5.41, 5.74) is 1.66. The quantitative estimate of drug-likeness (QED) is 0.715. The fraction of sp³-hybridized carbons (Fsp3) is 0.556. The van der Waals surface area contributed by atoms with E-state index in [0.717, 1.165) is 12.0 Å². The Morgan fingerprint density at radius 3 is 2.75 bits per heavy atom. The van der Waals surface area contributed by atoms with E-state index in [9.17, 15) is 9.59 Å². The summed E-state index contributed by atoms with van der Waals surface area (Å²) < 4.78 is 5.36. The summed E-state index contributed by atoms with van der Waals surface area (Å²) in [6, 6.07) is 5.34. The third-order valence-corrected chi connectivity index (χ3v) is 4.05. The van der Waals surface area contributed by atoms with Crippen LogP contribution in [-0.2, 0) is 9.59 Å². The minimum absolute atomic E-state index is 0.00269. The summed E-state index contributed by atoms with van der Waals surface area (Å²) >= 11 is 0. The Balaban J connectivity index is 1.92. The van der Waals surface area contributed by atoms with Crippen molar-refractivity contribution in [2.45, 2.75) is 46.2 Å². The molecule has 0 saturated carbocycles. The molecule has 1 aromatic rings. The molecule has 6 nitrogen and oxygen atoms in total. The van der Waals surface area contributed by atoms with Crippen LogP contribution >= 0.6 is 0 Å². The van der Waals surface area contributed by atoms with Crippen LogP contribution in [0.5, 0.6) is 5.75 Å². The number of hydrogen-bond donors (Lipinski definition) is 3. The lowest BCUT2D eigenvalue weighted by Gasteiger charge is -2.23. The van der Waals surface area contributed by atoms with Crippen LogP contribution in [-0.4, -0.2) is 31.0 Å². The number of amides is 2. The van der Waals surface area contributed by atoms with Gasteiger partial charge >= 0.3 is 0 Å². The van der Waals surface area contributed by atoms with Gasteiger partial charge in [-0.2, -0.15) is 0 Å². The lowest BCUT2D eigenvalue weighted by molar-refractivity contribution is -0.123. The summed E-state index contributed by atoms with van der Waals surface area (Å²) in [5.74, 6) is 1.08. The minimum atomic E-state index is -0.297. The predicted molar refractivity (Wildman–Crippen MR) is 94.0 cm³/mol. The minimum Gasteiger partial charge on any atom is -0.482 e. The number of benzene rings is 1. The molecule has 0 saturated heterocycles. The van der Waals surface area contributed by atoms with Gasteiger partial charge in [-0.25, -0.2) is 0 Å². The number of ether oxygens (including phenoxy) is 1. The van der Waals surface area contributed by atoms with E-state index in [-0.39, 0.29) is 30.5 Å². The number of nitrogens with one attached hydrogen (secondary N) is 3. The third-order valence-electron chi connectivity index (χ3n) is 4.05. The van der Waals surface area contributed by atoms with Crippen LogP contribution in [0.15, 0.2) is 18.2 Å². The van der Waals surface area contributed by atoms with Gasteiger partial charge in [-0.1, -0.05) is 19.9 Å². The Hall–Kier alpha value is -2.08. The Bertz CT molecular complexity index is 601. The van der Waals surface area contributed by atoms with Gasteiger partial charge in [0.1, 0.15) is 5.75 Å². The Labute approximate surface area is 143 Å². The molecule has 2 rings (SSSR count). The molecule has 132 valence electrons. The van der Waals surface area contributed by atoms with Gasteiger partial charge < -0.3 is 15.4 Å². The van der Waals surface area contributed by atoms with Crippen LogP contribution in [0, 0.1) is 5.92 Å². The lowest BCUT2D eigenvalue weighted by Crippen LogP contribution is -2.43. The van der Waals surface area contributed by atoms with E-state index in [1.165, 1.54) is 0 Å². The average Bonchev–Trinajstić information content (AvgIpc) is 2.53. The molecule has 0 bridgehead atoms. The molecule has 1 aliphatic rings. The smallest absolute Gasteiger partial charge is 0.262 e. The van der Waals surface area contributed by atoms with E-state index in [4.69, 9.17) is 4.74 Å². The molecule has 2 atom stereocenters. The van der Waals surface area contributed by atoms with E-state index in [2.05, 4.69) is 29.8 Å². The van der Waals surface area contributed by atoms with Gasteiger partial charge in [-0.05, 0) is 43.9 Å². The van der Waals surface area contributed by atoms with E-state index >= 15 is 0 Å². The van der Waals surface area contributed by atoms with Crippen LogP contribution in [0.3, 0.4) is 0 Å². The maximum Gasteiger partial charge on any atom is 0.262 e. The number of hydrogen-bond acceptors (Lipinski definition) is 4. The fourth-order valence-corrected chi connectivity index (χ4v) is 2.55. The van der Waals surface area contributed by atoms with Crippen molar-refractivity contribution in [3.05, 3.63) is 23.8 Å². The largest absolute Gasteiger partial charge is 0.482 e. The number of fused-ring (bicyclic) bond motifs is 1. The van der Waals surface area contributed by atoms with Crippen molar-refractivity contribution in [3.63, 3.8) is 0 Å². The summed E-state index contributed by atoms with van der Waals surface area (Å²) in [5, 5.41) is 9.03. The molecule has 1 aliphatic heterocycles. The van der Waals surface area contributed by atoms with Crippen LogP contribution in [0.1, 0.15) is 45.7 Å². The van der Waals surface area contributed by atoms with Crippen molar-refractivity contribution >= 4 is 17.5 Å². The van der Waals surface area contributed by atoms with Crippen molar-refractivity contribution < 1.29 is 14.3 Å². The van der Waals surface area contributed by atoms with Gasteiger partial charge in [-0.15, -0.1) is 0 Å². The molecule has 6 heteroatoms. The van der Waals surface area contributed by atoms with Crippen LogP contribution in [0.25, 0.3) is 0 Å². The van der Waals surface area contributed by atoms with Gasteiger partial charge in [0, 0.05) is 12.6 Å². The second-order valence-corrected chi connectivity index (χ2v) is 6.68. The van der Waals surface area contributed by atoms with Crippen molar-refractivity contribution in [2.75, 3.05) is 18.5 Å². The third kappa shape index (κ3) is 4.96. The van der Waals surface area contributed by atoms with Crippen LogP contribution in [0.4, 0.5) is 5.69 Å². The van der Waals surface area contributed by atoms with Gasteiger partial charge in [0.2, 0.25) is 5.91 Å². The second kappa shape index (κ2) is 8.15. The van der Waals surface area contributed by atoms with E-state index in [1.807, 2.05) is 32.0 Å². The fourth-order valence-electron chi connectivity index (χ4n) is 2.55. The molecular formula is C18H27N3O3. The zero-order chi connectivity index (χ0) is 17.7. The summed E-state index contributed by atoms with van der Waals surface area (Å²) in [6.45, 7) is 8.85. The first-order chi connectivity index (χ1) is 11.4. The first kappa shape index (κ1) is 18.3. The monoisotopic (exact) mass is 333 g/mol. The molecule has 0 radical (unpaired) electrons. The number of rotatable bonds is 7. The van der Waals surface area contributed by atoms with Gasteiger partial charge in [0.15, 0.2) is 6.61 Å². The highest BCUT2D eigenvalue weighted by Crippen LogP contribution is 2.30. The van der Waals surface area contributed by atoms with Crippen molar-refractivity contribution in [1.82, 2.24) is 10.6 Å². The highest BCUT2D eigenvalue weighted by Gasteiger charge is 2.20. The lowest BCUT2D eigenvalue weighted by atomic mass is 10.1. The normalized spacial score (nSPS) is 16.0. The zero-order valence-electron chi connectivity index (χ0n) is 14.8. The summed E-state index contributed by atoms with van der Waals surface area (Å²) in [7, 11) is 0. The molecule has 2 amide bonds. The SMILES string of the molecule is CC(C)CCNC(=O)[C@@H](C)N[C@H](C)c1ccc2c(c1)NC(=O)CO2. The number of anilines is 1. The number of carbonyl (C=O) groups is 2. The van der Waals surface area contributed by atoms with Crippen molar-refractivity contribution in [1.29, 1.82) is 0 Å². The molecule has 0 spiro atoms. The molecular weight excluding hydrogens is 306 g/mol. The predicted octanol–water partition coefficient (Wildman–Crippen LogP) is 2.22. The van der Waals surface area contributed by atoms with Crippen molar-refractivity contribution in [2.24, 2.45) is 5.92 Å². The Kier molecular flexibility index (Phi) is 6.20. The number of carbonyl (C=O) groups excluding carboxylic acids is 2. The van der Waals surface area contributed by atoms with Crippen LogP contribution in [0.2, 0.25) is 0 Å². The van der Waals surface area contributed by atoms with E-state index < -0.39 is 0 Å². The van der Waals surface area contributed by atoms with E-state index in [1.54, 1.807) is 0 Å². The first-order valence-corrected chi connectivity index (χ1v) is 8.47. The molecule has 0 fully saturated rings. The molecule has 1 aromatic carbocycles.